The molecule has 7 fully saturated rings. The third-order valence-corrected chi connectivity index (χ3v) is 17.9. The highest BCUT2D eigenvalue weighted by Crippen LogP contribution is 2.70. The number of aliphatic hydroxyl groups excluding tert-OH is 10. The van der Waals surface area contributed by atoms with Crippen LogP contribution in [0, 0.1) is 46.3 Å². The molecule has 0 radical (unpaired) electrons. The Morgan fingerprint density at radius 3 is 2.05 bits per heavy atom. The van der Waals surface area contributed by atoms with Crippen molar-refractivity contribution in [2.75, 3.05) is 19.8 Å². The van der Waals surface area contributed by atoms with Crippen molar-refractivity contribution in [1.82, 2.24) is 0 Å². The second kappa shape index (κ2) is 18.5. The topological polar surface area (TPSA) is 267 Å². The zero-order chi connectivity index (χ0) is 45.5. The monoisotopic (exact) mass is 901 g/mol. The summed E-state index contributed by atoms with van der Waals surface area (Å²) in [5, 5.41) is 105. The molecular weight excluding hydrogens is 824 g/mol. The van der Waals surface area contributed by atoms with Crippen LogP contribution in [-0.2, 0) is 33.2 Å². The minimum absolute atomic E-state index is 0.0444. The molecule has 0 spiro atoms. The molecule has 0 aromatic heterocycles. The van der Waals surface area contributed by atoms with E-state index < -0.39 is 111 Å². The van der Waals surface area contributed by atoms with Gasteiger partial charge in [-0.15, -0.1) is 0 Å². The van der Waals surface area contributed by atoms with E-state index in [9.17, 15) is 51.1 Å². The van der Waals surface area contributed by atoms with Gasteiger partial charge in [-0.05, 0) is 118 Å². The van der Waals surface area contributed by atoms with Gasteiger partial charge in [0, 0.05) is 6.61 Å². The molecule has 4 aliphatic carbocycles. The van der Waals surface area contributed by atoms with Crippen LogP contribution in [0.1, 0.15) is 99.3 Å². The van der Waals surface area contributed by atoms with Crippen LogP contribution in [0.3, 0.4) is 0 Å². The molecule has 0 amide bonds. The number of hydrogen-bond acceptors (Lipinski definition) is 17. The number of fused-ring (bicyclic) bond motifs is 7. The maximum atomic E-state index is 12.0. The minimum atomic E-state index is -1.82. The van der Waals surface area contributed by atoms with Crippen LogP contribution in [0.2, 0.25) is 0 Å². The van der Waals surface area contributed by atoms with Crippen molar-refractivity contribution in [3.63, 3.8) is 0 Å². The van der Waals surface area contributed by atoms with Crippen LogP contribution < -0.4 is 0 Å². The molecule has 26 unspecified atom stereocenters. The van der Waals surface area contributed by atoms with Gasteiger partial charge < -0.3 is 84.2 Å². The van der Waals surface area contributed by atoms with Gasteiger partial charge in [-0.1, -0.05) is 39.3 Å². The Labute approximate surface area is 370 Å². The standard InChI is InChI=1S/C46H76O17/c1-20(17-47)9-14-46(6)21(2)31-28(63-46)16-27-25-8-7-23-15-24(10-12-44(23,4)26(25)11-13-45(27,31)5)58-43-40(62-41-36(54)34(52)32(50)22(3)57-41)38(56)39(30(19-49)60-43)61-42-37(55)35(53)33(51)29(18-48)59-42/h7,20-22,24-43,47-56H,8-19H2,1-6H3. The molecule has 10 N–H and O–H groups in total. The molecule has 17 heteroatoms. The Morgan fingerprint density at radius 2 is 1.37 bits per heavy atom. The smallest absolute Gasteiger partial charge is 0.187 e. The fourth-order valence-electron chi connectivity index (χ4n) is 13.8. The molecule has 26 atom stereocenters. The lowest BCUT2D eigenvalue weighted by Gasteiger charge is -2.58. The summed E-state index contributed by atoms with van der Waals surface area (Å²) in [7, 11) is 0. The van der Waals surface area contributed by atoms with E-state index in [1.165, 1.54) is 12.5 Å². The molecular formula is C46H76O17. The lowest BCUT2D eigenvalue weighted by atomic mass is 9.46. The summed E-state index contributed by atoms with van der Waals surface area (Å²) < 4.78 is 43.4. The van der Waals surface area contributed by atoms with Gasteiger partial charge in [0.1, 0.15) is 67.1 Å². The van der Waals surface area contributed by atoms with Crippen LogP contribution in [0.5, 0.6) is 0 Å². The highest BCUT2D eigenvalue weighted by atomic mass is 16.8. The van der Waals surface area contributed by atoms with E-state index in [0.29, 0.717) is 42.4 Å². The Kier molecular flexibility index (Phi) is 14.3. The molecule has 4 heterocycles. The van der Waals surface area contributed by atoms with Crippen LogP contribution in [0.4, 0.5) is 0 Å². The third-order valence-electron chi connectivity index (χ3n) is 17.9. The maximum Gasteiger partial charge on any atom is 0.187 e. The number of hydrogen-bond donors (Lipinski definition) is 10. The van der Waals surface area contributed by atoms with Crippen molar-refractivity contribution in [2.45, 2.75) is 209 Å². The number of ether oxygens (including phenoxy) is 7. The fourth-order valence-corrected chi connectivity index (χ4v) is 13.8. The molecule has 0 bridgehead atoms. The Hall–Kier alpha value is -0.940. The van der Waals surface area contributed by atoms with E-state index in [4.69, 9.17) is 33.2 Å². The zero-order valence-corrected chi connectivity index (χ0v) is 37.7. The van der Waals surface area contributed by atoms with E-state index in [1.54, 1.807) is 0 Å². The second-order valence-electron chi connectivity index (χ2n) is 21.4. The van der Waals surface area contributed by atoms with Gasteiger partial charge in [0.25, 0.3) is 0 Å². The van der Waals surface area contributed by atoms with Crippen LogP contribution in [0.15, 0.2) is 11.6 Å². The summed E-state index contributed by atoms with van der Waals surface area (Å²) in [5.74, 6) is 2.79. The zero-order valence-electron chi connectivity index (χ0n) is 37.7. The largest absolute Gasteiger partial charge is 0.396 e. The summed E-state index contributed by atoms with van der Waals surface area (Å²) in [4.78, 5) is 0. The summed E-state index contributed by atoms with van der Waals surface area (Å²) in [5.41, 5.74) is 1.29. The van der Waals surface area contributed by atoms with E-state index in [0.717, 1.165) is 44.9 Å². The van der Waals surface area contributed by atoms with Gasteiger partial charge in [0.2, 0.25) is 0 Å². The molecule has 8 rings (SSSR count). The molecule has 0 aromatic rings. The molecule has 4 aliphatic heterocycles. The molecule has 362 valence electrons. The molecule has 17 nitrogen and oxygen atoms in total. The fraction of sp³-hybridized carbons (Fsp3) is 0.957. The highest BCUT2D eigenvalue weighted by Gasteiger charge is 2.67. The van der Waals surface area contributed by atoms with Crippen LogP contribution in [-0.4, -0.2) is 181 Å². The molecule has 0 aromatic carbocycles. The van der Waals surface area contributed by atoms with Gasteiger partial charge in [0.05, 0.1) is 37.1 Å². The lowest BCUT2D eigenvalue weighted by molar-refractivity contribution is -0.389. The number of rotatable bonds is 12. The van der Waals surface area contributed by atoms with Crippen molar-refractivity contribution in [2.24, 2.45) is 46.3 Å². The van der Waals surface area contributed by atoms with Gasteiger partial charge in [0.15, 0.2) is 18.9 Å². The predicted molar refractivity (Wildman–Crippen MR) is 221 cm³/mol. The first kappa shape index (κ1) is 48.5. The molecule has 8 aliphatic rings. The first-order chi connectivity index (χ1) is 29.8. The van der Waals surface area contributed by atoms with Crippen LogP contribution in [0.25, 0.3) is 0 Å². The molecule has 63 heavy (non-hydrogen) atoms. The summed E-state index contributed by atoms with van der Waals surface area (Å²) in [6.07, 6.45) is -12.3. The van der Waals surface area contributed by atoms with Crippen molar-refractivity contribution in [1.29, 1.82) is 0 Å². The minimum Gasteiger partial charge on any atom is -0.396 e. The third kappa shape index (κ3) is 8.42. The summed E-state index contributed by atoms with van der Waals surface area (Å²) in [6, 6.07) is 0. The number of allylic oxidation sites excluding steroid dienone is 1. The second-order valence-corrected chi connectivity index (χ2v) is 21.4. The Bertz CT molecular complexity index is 1600. The van der Waals surface area contributed by atoms with E-state index in [-0.39, 0.29) is 35.1 Å². The van der Waals surface area contributed by atoms with Gasteiger partial charge in [-0.25, -0.2) is 0 Å². The maximum absolute atomic E-state index is 12.0. The SMILES string of the molecule is CC(CO)CCC1(C)OC2CC3C4CC=C5CC(OC6OC(CO)C(OC7OC(CO)C(O)C(O)C7O)C(O)C6OC6OC(C)C(O)C(O)C6O)CCC5(C)C4CCC3(C)C2C1C. The van der Waals surface area contributed by atoms with Crippen molar-refractivity contribution < 1.29 is 84.2 Å². The van der Waals surface area contributed by atoms with Crippen molar-refractivity contribution >= 4 is 0 Å². The van der Waals surface area contributed by atoms with E-state index in [2.05, 4.69) is 40.7 Å². The quantitative estimate of drug-likeness (QED) is 0.118. The lowest BCUT2D eigenvalue weighted by Crippen LogP contribution is -2.67. The van der Waals surface area contributed by atoms with E-state index >= 15 is 0 Å². The molecule has 4 saturated heterocycles. The normalized spacial score (nSPS) is 55.0. The first-order valence-corrected chi connectivity index (χ1v) is 23.7. The summed E-state index contributed by atoms with van der Waals surface area (Å²) in [6.45, 7) is 12.0. The Morgan fingerprint density at radius 1 is 0.714 bits per heavy atom. The van der Waals surface area contributed by atoms with Gasteiger partial charge in [-0.2, -0.15) is 0 Å². The highest BCUT2D eigenvalue weighted by molar-refractivity contribution is 5.26. The average molecular weight is 901 g/mol. The predicted octanol–water partition coefficient (Wildman–Crippen LogP) is 0.239. The first-order valence-electron chi connectivity index (χ1n) is 23.7. The average Bonchev–Trinajstić information content (AvgIpc) is 3.70. The van der Waals surface area contributed by atoms with Crippen LogP contribution >= 0.6 is 0 Å². The summed E-state index contributed by atoms with van der Waals surface area (Å²) >= 11 is 0. The van der Waals surface area contributed by atoms with E-state index in [1.807, 2.05) is 0 Å². The van der Waals surface area contributed by atoms with Gasteiger partial charge >= 0.3 is 0 Å². The van der Waals surface area contributed by atoms with Crippen molar-refractivity contribution in [3.05, 3.63) is 11.6 Å². The molecule has 3 saturated carbocycles. The van der Waals surface area contributed by atoms with Crippen molar-refractivity contribution in [3.8, 4) is 0 Å². The Balaban J connectivity index is 0.984. The van der Waals surface area contributed by atoms with Gasteiger partial charge in [-0.3, -0.25) is 0 Å². The number of aliphatic hydroxyl groups is 10.